The van der Waals surface area contributed by atoms with E-state index >= 15 is 0 Å². The number of carbonyl (C=O) groups excluding carboxylic acids is 1. The summed E-state index contributed by atoms with van der Waals surface area (Å²) in [7, 11) is 0. The van der Waals surface area contributed by atoms with Crippen molar-refractivity contribution >= 4 is 6.09 Å². The van der Waals surface area contributed by atoms with Crippen molar-refractivity contribution in [2.45, 2.75) is 45.9 Å². The fourth-order valence-electron chi connectivity index (χ4n) is 2.17. The molecule has 20 heavy (non-hydrogen) atoms. The molecule has 1 amide bonds. The molecule has 0 saturated carbocycles. The minimum Gasteiger partial charge on any atom is -0.444 e. The summed E-state index contributed by atoms with van der Waals surface area (Å²) in [4.78, 5) is 13.5. The van der Waals surface area contributed by atoms with Crippen LogP contribution in [0.1, 0.15) is 31.9 Å². The average Bonchev–Trinajstić information content (AvgIpc) is 2.24. The molecule has 110 valence electrons. The molecule has 0 spiro atoms. The Hall–Kier alpha value is -1.55. The largest absolute Gasteiger partial charge is 0.444 e. The number of rotatable bonds is 3. The Balaban J connectivity index is 1.71. The van der Waals surface area contributed by atoms with Gasteiger partial charge in [-0.25, -0.2) is 4.79 Å². The molecule has 0 atom stereocenters. The van der Waals surface area contributed by atoms with E-state index in [-0.39, 0.29) is 6.09 Å². The molecule has 1 heterocycles. The van der Waals surface area contributed by atoms with E-state index in [1.54, 1.807) is 4.90 Å². The van der Waals surface area contributed by atoms with Crippen LogP contribution in [0.5, 0.6) is 0 Å². The van der Waals surface area contributed by atoms with Crippen molar-refractivity contribution in [2.24, 2.45) is 0 Å². The zero-order valence-electron chi connectivity index (χ0n) is 12.8. The van der Waals surface area contributed by atoms with Crippen LogP contribution in [0.15, 0.2) is 24.3 Å². The van der Waals surface area contributed by atoms with Crippen molar-refractivity contribution in [1.29, 1.82) is 0 Å². The van der Waals surface area contributed by atoms with Gasteiger partial charge in [0.15, 0.2) is 0 Å². The Morgan fingerprint density at radius 2 is 2.10 bits per heavy atom. The van der Waals surface area contributed by atoms with E-state index < -0.39 is 5.60 Å². The molecule has 0 aliphatic carbocycles. The van der Waals surface area contributed by atoms with Crippen molar-refractivity contribution in [3.63, 3.8) is 0 Å². The number of likely N-dealkylation sites (tertiary alicyclic amines) is 1. The van der Waals surface area contributed by atoms with Gasteiger partial charge < -0.3 is 15.0 Å². The Labute approximate surface area is 121 Å². The van der Waals surface area contributed by atoms with Gasteiger partial charge >= 0.3 is 6.09 Å². The van der Waals surface area contributed by atoms with E-state index in [1.807, 2.05) is 20.8 Å². The molecule has 0 radical (unpaired) electrons. The molecule has 0 bridgehead atoms. The maximum absolute atomic E-state index is 11.8. The highest BCUT2D eigenvalue weighted by atomic mass is 16.6. The second kappa shape index (κ2) is 5.83. The van der Waals surface area contributed by atoms with Crippen LogP contribution in [-0.2, 0) is 11.3 Å². The lowest BCUT2D eigenvalue weighted by molar-refractivity contribution is 0.00519. The van der Waals surface area contributed by atoms with Crippen LogP contribution < -0.4 is 5.32 Å². The van der Waals surface area contributed by atoms with E-state index in [0.717, 1.165) is 19.6 Å². The summed E-state index contributed by atoms with van der Waals surface area (Å²) in [6.45, 7) is 10.0. The summed E-state index contributed by atoms with van der Waals surface area (Å²) in [5, 5.41) is 3.46. The van der Waals surface area contributed by atoms with E-state index in [1.165, 1.54) is 11.1 Å². The molecule has 4 nitrogen and oxygen atoms in total. The SMILES string of the molecule is Cc1cccc(CNC2CN(C(=O)OC(C)(C)C)C2)c1. The predicted octanol–water partition coefficient (Wildman–Crippen LogP) is 2.70. The first-order valence-corrected chi connectivity index (χ1v) is 7.10. The lowest BCUT2D eigenvalue weighted by Crippen LogP contribution is -2.60. The number of hydrogen-bond donors (Lipinski definition) is 1. The van der Waals surface area contributed by atoms with Crippen LogP contribution in [0.25, 0.3) is 0 Å². The van der Waals surface area contributed by atoms with Gasteiger partial charge in [-0.05, 0) is 33.3 Å². The van der Waals surface area contributed by atoms with Crippen LogP contribution in [0.2, 0.25) is 0 Å². The fourth-order valence-corrected chi connectivity index (χ4v) is 2.17. The van der Waals surface area contributed by atoms with Gasteiger partial charge in [-0.1, -0.05) is 29.8 Å². The summed E-state index contributed by atoms with van der Waals surface area (Å²) in [5.41, 5.74) is 2.13. The fraction of sp³-hybridized carbons (Fsp3) is 0.562. The van der Waals surface area contributed by atoms with Crippen molar-refractivity contribution in [2.75, 3.05) is 13.1 Å². The molecule has 2 rings (SSSR count). The van der Waals surface area contributed by atoms with Crippen LogP contribution >= 0.6 is 0 Å². The molecule has 1 aliphatic heterocycles. The van der Waals surface area contributed by atoms with Crippen LogP contribution in [0.3, 0.4) is 0 Å². The normalized spacial score (nSPS) is 15.9. The standard InChI is InChI=1S/C16H24N2O2/c1-12-6-5-7-13(8-12)9-17-14-10-18(11-14)15(19)20-16(2,3)4/h5-8,14,17H,9-11H2,1-4H3. The van der Waals surface area contributed by atoms with Gasteiger partial charge in [0, 0.05) is 25.7 Å². The maximum Gasteiger partial charge on any atom is 0.410 e. The van der Waals surface area contributed by atoms with Gasteiger partial charge in [0.05, 0.1) is 0 Å². The second-order valence-corrected chi connectivity index (χ2v) is 6.45. The first-order valence-electron chi connectivity index (χ1n) is 7.10. The Kier molecular flexibility index (Phi) is 4.33. The van der Waals surface area contributed by atoms with Crippen molar-refractivity contribution in [1.82, 2.24) is 10.2 Å². The number of benzene rings is 1. The molecule has 1 N–H and O–H groups in total. The van der Waals surface area contributed by atoms with Gasteiger partial charge in [-0.15, -0.1) is 0 Å². The highest BCUT2D eigenvalue weighted by Gasteiger charge is 2.33. The lowest BCUT2D eigenvalue weighted by Gasteiger charge is -2.40. The van der Waals surface area contributed by atoms with E-state index in [2.05, 4.69) is 36.5 Å². The number of hydrogen-bond acceptors (Lipinski definition) is 3. The van der Waals surface area contributed by atoms with Crippen LogP contribution in [0, 0.1) is 6.92 Å². The third-order valence-electron chi connectivity index (χ3n) is 3.21. The highest BCUT2D eigenvalue weighted by molar-refractivity contribution is 5.69. The topological polar surface area (TPSA) is 41.6 Å². The third-order valence-corrected chi connectivity index (χ3v) is 3.21. The number of ether oxygens (including phenoxy) is 1. The molecule has 1 fully saturated rings. The van der Waals surface area contributed by atoms with Gasteiger partial charge in [-0.3, -0.25) is 0 Å². The van der Waals surface area contributed by atoms with Gasteiger partial charge in [0.2, 0.25) is 0 Å². The quantitative estimate of drug-likeness (QED) is 0.923. The number of aryl methyl sites for hydroxylation is 1. The van der Waals surface area contributed by atoms with Crippen LogP contribution in [0.4, 0.5) is 4.79 Å². The van der Waals surface area contributed by atoms with Crippen molar-refractivity contribution in [3.05, 3.63) is 35.4 Å². The predicted molar refractivity (Wildman–Crippen MR) is 79.6 cm³/mol. The Morgan fingerprint density at radius 1 is 1.40 bits per heavy atom. The Morgan fingerprint density at radius 3 is 2.70 bits per heavy atom. The van der Waals surface area contributed by atoms with E-state index in [0.29, 0.717) is 6.04 Å². The third kappa shape index (κ3) is 4.23. The first kappa shape index (κ1) is 14.9. The zero-order valence-corrected chi connectivity index (χ0v) is 12.8. The number of nitrogens with one attached hydrogen (secondary N) is 1. The minimum absolute atomic E-state index is 0.217. The molecule has 1 saturated heterocycles. The van der Waals surface area contributed by atoms with Crippen molar-refractivity contribution in [3.8, 4) is 0 Å². The van der Waals surface area contributed by atoms with E-state index in [4.69, 9.17) is 4.74 Å². The summed E-state index contributed by atoms with van der Waals surface area (Å²) in [5.74, 6) is 0. The minimum atomic E-state index is -0.419. The van der Waals surface area contributed by atoms with Gasteiger partial charge in [0.25, 0.3) is 0 Å². The molecular weight excluding hydrogens is 252 g/mol. The first-order chi connectivity index (χ1) is 9.33. The van der Waals surface area contributed by atoms with Crippen LogP contribution in [-0.4, -0.2) is 35.7 Å². The highest BCUT2D eigenvalue weighted by Crippen LogP contribution is 2.15. The Bertz CT molecular complexity index is 474. The summed E-state index contributed by atoms with van der Waals surface area (Å²) < 4.78 is 5.33. The van der Waals surface area contributed by atoms with E-state index in [9.17, 15) is 4.79 Å². The monoisotopic (exact) mass is 276 g/mol. The average molecular weight is 276 g/mol. The van der Waals surface area contributed by atoms with Crippen molar-refractivity contribution < 1.29 is 9.53 Å². The molecular formula is C16H24N2O2. The molecule has 0 unspecified atom stereocenters. The molecule has 1 aromatic rings. The molecule has 1 aliphatic rings. The molecule has 1 aromatic carbocycles. The zero-order chi connectivity index (χ0) is 14.8. The summed E-state index contributed by atoms with van der Waals surface area (Å²) in [6.07, 6.45) is -0.217. The summed E-state index contributed by atoms with van der Waals surface area (Å²) >= 11 is 0. The number of amides is 1. The lowest BCUT2D eigenvalue weighted by atomic mass is 10.1. The second-order valence-electron chi connectivity index (χ2n) is 6.45. The van der Waals surface area contributed by atoms with Gasteiger partial charge in [-0.2, -0.15) is 0 Å². The van der Waals surface area contributed by atoms with Gasteiger partial charge in [0.1, 0.15) is 5.60 Å². The number of nitrogens with zero attached hydrogens (tertiary/aromatic N) is 1. The smallest absolute Gasteiger partial charge is 0.410 e. The number of carbonyl (C=O) groups is 1. The maximum atomic E-state index is 11.8. The molecule has 4 heteroatoms. The molecule has 0 aromatic heterocycles. The summed E-state index contributed by atoms with van der Waals surface area (Å²) in [6, 6.07) is 8.82.